The van der Waals surface area contributed by atoms with Gasteiger partial charge in [0.15, 0.2) is 11.5 Å². The molecule has 1 saturated carbocycles. The second-order valence-corrected chi connectivity index (χ2v) is 8.64. The van der Waals surface area contributed by atoms with Crippen LogP contribution in [0.2, 0.25) is 0 Å². The zero-order valence-corrected chi connectivity index (χ0v) is 16.7. The monoisotopic (exact) mass is 407 g/mol. The molecule has 156 valence electrons. The Morgan fingerprint density at radius 3 is 2.93 bits per heavy atom. The van der Waals surface area contributed by atoms with Gasteiger partial charge in [-0.15, -0.1) is 0 Å². The molecule has 2 N–H and O–H groups in total. The lowest BCUT2D eigenvalue weighted by Crippen LogP contribution is -2.42. The van der Waals surface area contributed by atoms with Gasteiger partial charge in [-0.1, -0.05) is 0 Å². The molecule has 0 amide bonds. The Bertz CT molecular complexity index is 1070. The number of likely N-dealkylation sites (tertiary alicyclic amines) is 1. The first kappa shape index (κ1) is 18.0. The van der Waals surface area contributed by atoms with Crippen molar-refractivity contribution in [2.45, 2.75) is 31.6 Å². The van der Waals surface area contributed by atoms with E-state index in [9.17, 15) is 5.11 Å². The number of ether oxygens (including phenoxy) is 3. The number of aliphatic hydroxyl groups is 1. The van der Waals surface area contributed by atoms with E-state index in [4.69, 9.17) is 14.2 Å². The fourth-order valence-electron chi connectivity index (χ4n) is 5.24. The lowest BCUT2D eigenvalue weighted by molar-refractivity contribution is -0.0232. The van der Waals surface area contributed by atoms with E-state index in [1.807, 2.05) is 30.5 Å². The summed E-state index contributed by atoms with van der Waals surface area (Å²) < 4.78 is 17.0. The minimum absolute atomic E-state index is 0.193. The maximum Gasteiger partial charge on any atom is 0.231 e. The second kappa shape index (κ2) is 7.18. The van der Waals surface area contributed by atoms with Gasteiger partial charge in [-0.25, -0.2) is 0 Å². The molecule has 1 aliphatic carbocycles. The minimum atomic E-state index is -0.452. The fourth-order valence-corrected chi connectivity index (χ4v) is 5.24. The van der Waals surface area contributed by atoms with Crippen molar-refractivity contribution in [3.63, 3.8) is 0 Å². The summed E-state index contributed by atoms with van der Waals surface area (Å²) >= 11 is 0. The van der Waals surface area contributed by atoms with Crippen LogP contribution < -0.4 is 14.2 Å². The Balaban J connectivity index is 1.13. The van der Waals surface area contributed by atoms with Crippen molar-refractivity contribution in [3.8, 4) is 17.2 Å². The average molecular weight is 407 g/mol. The smallest absolute Gasteiger partial charge is 0.231 e. The number of aliphatic hydroxyl groups excluding tert-OH is 1. The number of aromatic amines is 1. The first-order chi connectivity index (χ1) is 14.7. The van der Waals surface area contributed by atoms with Gasteiger partial charge in [-0.2, -0.15) is 0 Å². The van der Waals surface area contributed by atoms with Crippen LogP contribution in [-0.2, 0) is 6.54 Å². The SMILES string of the molecule is O[C@@H]1C[C@H]2CN(Cc3c[nH]c4cccnc34)C[C@H]2C[C@H]1Oc1ccc2c(c1)OCO2. The summed E-state index contributed by atoms with van der Waals surface area (Å²) in [5.41, 5.74) is 3.37. The summed E-state index contributed by atoms with van der Waals surface area (Å²) in [5.74, 6) is 3.21. The first-order valence-electron chi connectivity index (χ1n) is 10.6. The van der Waals surface area contributed by atoms with Crippen LogP contribution >= 0.6 is 0 Å². The van der Waals surface area contributed by atoms with Gasteiger partial charge in [0, 0.05) is 43.7 Å². The molecular weight excluding hydrogens is 382 g/mol. The summed E-state index contributed by atoms with van der Waals surface area (Å²) in [6.07, 6.45) is 4.91. The van der Waals surface area contributed by atoms with Crippen LogP contribution in [0.4, 0.5) is 0 Å². The number of fused-ring (bicyclic) bond motifs is 3. The van der Waals surface area contributed by atoms with E-state index in [2.05, 4.69) is 27.1 Å². The van der Waals surface area contributed by atoms with E-state index in [0.717, 1.165) is 55.0 Å². The fraction of sp³-hybridized carbons (Fsp3) is 0.435. The Morgan fingerprint density at radius 2 is 2.00 bits per heavy atom. The van der Waals surface area contributed by atoms with Gasteiger partial charge in [-0.3, -0.25) is 9.88 Å². The van der Waals surface area contributed by atoms with E-state index in [0.29, 0.717) is 17.6 Å². The van der Waals surface area contributed by atoms with Crippen molar-refractivity contribution in [1.29, 1.82) is 0 Å². The summed E-state index contributed by atoms with van der Waals surface area (Å²) in [7, 11) is 0. The van der Waals surface area contributed by atoms with E-state index in [1.165, 1.54) is 5.56 Å². The van der Waals surface area contributed by atoms with Crippen molar-refractivity contribution >= 4 is 11.0 Å². The molecule has 0 bridgehead atoms. The molecule has 7 nitrogen and oxygen atoms in total. The molecule has 0 spiro atoms. The van der Waals surface area contributed by atoms with Gasteiger partial charge in [0.2, 0.25) is 6.79 Å². The number of hydrogen-bond acceptors (Lipinski definition) is 6. The van der Waals surface area contributed by atoms with Crippen molar-refractivity contribution in [3.05, 3.63) is 48.3 Å². The Labute approximate surface area is 174 Å². The molecule has 1 saturated heterocycles. The van der Waals surface area contributed by atoms with Crippen molar-refractivity contribution in [2.24, 2.45) is 11.8 Å². The average Bonchev–Trinajstić information content (AvgIpc) is 3.47. The highest BCUT2D eigenvalue weighted by molar-refractivity contribution is 5.78. The van der Waals surface area contributed by atoms with E-state index < -0.39 is 6.10 Å². The maximum absolute atomic E-state index is 10.7. The van der Waals surface area contributed by atoms with Crippen molar-refractivity contribution < 1.29 is 19.3 Å². The lowest BCUT2D eigenvalue weighted by atomic mass is 9.78. The minimum Gasteiger partial charge on any atom is -0.488 e. The Hall–Kier alpha value is -2.77. The second-order valence-electron chi connectivity index (χ2n) is 8.64. The normalized spacial score (nSPS) is 28.0. The topological polar surface area (TPSA) is 79.8 Å². The van der Waals surface area contributed by atoms with Crippen molar-refractivity contribution in [2.75, 3.05) is 19.9 Å². The number of hydrogen-bond donors (Lipinski definition) is 2. The molecule has 7 heteroatoms. The van der Waals surface area contributed by atoms with Crippen molar-refractivity contribution in [1.82, 2.24) is 14.9 Å². The molecule has 3 aliphatic rings. The van der Waals surface area contributed by atoms with Crippen LogP contribution in [0.1, 0.15) is 18.4 Å². The summed E-state index contributed by atoms with van der Waals surface area (Å²) in [4.78, 5) is 10.3. The van der Waals surface area contributed by atoms with Crippen LogP contribution in [0.3, 0.4) is 0 Å². The number of rotatable bonds is 4. The summed E-state index contributed by atoms with van der Waals surface area (Å²) in [6, 6.07) is 9.62. The van der Waals surface area contributed by atoms with E-state index >= 15 is 0 Å². The lowest BCUT2D eigenvalue weighted by Gasteiger charge is -2.35. The van der Waals surface area contributed by atoms with Gasteiger partial charge in [0.25, 0.3) is 0 Å². The molecule has 1 aromatic carbocycles. The third-order valence-corrected chi connectivity index (χ3v) is 6.70. The first-order valence-corrected chi connectivity index (χ1v) is 10.6. The third-order valence-electron chi connectivity index (χ3n) is 6.70. The third kappa shape index (κ3) is 3.18. The number of benzene rings is 1. The number of nitrogens with zero attached hydrogens (tertiary/aromatic N) is 2. The highest BCUT2D eigenvalue weighted by Gasteiger charge is 2.42. The summed E-state index contributed by atoms with van der Waals surface area (Å²) in [6.45, 7) is 3.17. The molecule has 30 heavy (non-hydrogen) atoms. The molecule has 2 fully saturated rings. The predicted octanol–water partition coefficient (Wildman–Crippen LogP) is 2.94. The van der Waals surface area contributed by atoms with Crippen LogP contribution in [0.25, 0.3) is 11.0 Å². The maximum atomic E-state index is 10.7. The van der Waals surface area contributed by atoms with Crippen LogP contribution in [-0.4, -0.2) is 52.1 Å². The van der Waals surface area contributed by atoms with E-state index in [1.54, 1.807) is 0 Å². The number of nitrogens with one attached hydrogen (secondary N) is 1. The van der Waals surface area contributed by atoms with Crippen LogP contribution in [0, 0.1) is 11.8 Å². The largest absolute Gasteiger partial charge is 0.488 e. The molecule has 4 atom stereocenters. The van der Waals surface area contributed by atoms with Gasteiger partial charge in [0.05, 0.1) is 17.1 Å². The molecule has 2 aliphatic heterocycles. The number of aromatic nitrogens is 2. The molecule has 6 rings (SSSR count). The molecule has 2 aromatic heterocycles. The zero-order valence-electron chi connectivity index (χ0n) is 16.7. The standard InChI is InChI=1S/C23H25N3O4/c27-19-6-14-10-26(12-16-9-25-18-2-1-5-24-23(16)18)11-15(14)7-21(19)30-17-3-4-20-22(8-17)29-13-28-20/h1-5,8-9,14-15,19,21,25,27H,6-7,10-13H2/t14-,15+,19+,21+/m0/s1. The van der Waals surface area contributed by atoms with Crippen LogP contribution in [0.15, 0.2) is 42.7 Å². The predicted molar refractivity (Wildman–Crippen MR) is 111 cm³/mol. The van der Waals surface area contributed by atoms with Gasteiger partial charge >= 0.3 is 0 Å². The molecule has 0 unspecified atom stereocenters. The van der Waals surface area contributed by atoms with Gasteiger partial charge < -0.3 is 24.3 Å². The highest BCUT2D eigenvalue weighted by atomic mass is 16.7. The van der Waals surface area contributed by atoms with Gasteiger partial charge in [0.1, 0.15) is 11.9 Å². The van der Waals surface area contributed by atoms with Gasteiger partial charge in [-0.05, 0) is 48.9 Å². The zero-order chi connectivity index (χ0) is 20.1. The molecular formula is C23H25N3O4. The molecule has 0 radical (unpaired) electrons. The Kier molecular flexibility index (Phi) is 4.32. The number of pyridine rings is 1. The molecule has 3 aromatic rings. The van der Waals surface area contributed by atoms with Crippen LogP contribution in [0.5, 0.6) is 17.2 Å². The Morgan fingerprint density at radius 1 is 1.13 bits per heavy atom. The van der Waals surface area contributed by atoms with E-state index in [-0.39, 0.29) is 12.9 Å². The highest BCUT2D eigenvalue weighted by Crippen LogP contribution is 2.40. The quantitative estimate of drug-likeness (QED) is 0.692. The summed E-state index contributed by atoms with van der Waals surface area (Å²) in [5, 5.41) is 10.7. The number of H-pyrrole nitrogens is 1. The molecule has 4 heterocycles.